The van der Waals surface area contributed by atoms with E-state index < -0.39 is 30.9 Å². The molecule has 1 rings (SSSR count). The van der Waals surface area contributed by atoms with Crippen LogP contribution in [0.1, 0.15) is 0 Å². The van der Waals surface area contributed by atoms with Crippen LogP contribution in [0.5, 0.6) is 0 Å². The first kappa shape index (κ1) is 14.6. The lowest BCUT2D eigenvalue weighted by Gasteiger charge is -2.32. The average molecular weight is 271 g/mol. The van der Waals surface area contributed by atoms with Crippen molar-refractivity contribution in [3.05, 3.63) is 0 Å². The molecule has 1 amide bonds. The summed E-state index contributed by atoms with van der Waals surface area (Å²) in [4.78, 5) is 23.6. The van der Waals surface area contributed by atoms with Gasteiger partial charge >= 0.3 is 18.2 Å². The summed E-state index contributed by atoms with van der Waals surface area (Å²) < 4.78 is 49.1. The third kappa shape index (κ3) is 4.06. The molecule has 0 N–H and O–H groups in total. The van der Waals surface area contributed by atoms with Crippen molar-refractivity contribution in [3.63, 3.8) is 0 Å². The van der Waals surface area contributed by atoms with Gasteiger partial charge in [0, 0.05) is 6.54 Å². The van der Waals surface area contributed by atoms with E-state index >= 15 is 0 Å². The Morgan fingerprint density at radius 2 is 2.11 bits per heavy atom. The number of carbonyl (C=O) groups excluding carboxylic acids is 2. The highest BCUT2D eigenvalue weighted by molar-refractivity contribution is 5.81. The zero-order valence-corrected chi connectivity index (χ0v) is 9.53. The molecule has 1 atom stereocenters. The molecule has 0 radical (unpaired) electrons. The highest BCUT2D eigenvalue weighted by Gasteiger charge is 2.37. The second-order valence-corrected chi connectivity index (χ2v) is 3.48. The summed E-state index contributed by atoms with van der Waals surface area (Å²) in [7, 11) is 1.11. The van der Waals surface area contributed by atoms with Crippen molar-refractivity contribution in [1.82, 2.24) is 4.90 Å². The van der Waals surface area contributed by atoms with Crippen LogP contribution < -0.4 is 0 Å². The first-order valence-electron chi connectivity index (χ1n) is 5.01. The molecule has 104 valence electrons. The highest BCUT2D eigenvalue weighted by atomic mass is 19.4. The second-order valence-electron chi connectivity index (χ2n) is 3.48. The monoisotopic (exact) mass is 271 g/mol. The molecule has 1 fully saturated rings. The number of rotatable bonds is 2. The van der Waals surface area contributed by atoms with E-state index in [4.69, 9.17) is 4.74 Å². The molecule has 0 bridgehead atoms. The maximum Gasteiger partial charge on any atom is 0.422 e. The normalized spacial score (nSPS) is 20.4. The van der Waals surface area contributed by atoms with E-state index in [0.29, 0.717) is 0 Å². The second kappa shape index (κ2) is 5.89. The molecule has 1 unspecified atom stereocenters. The SMILES string of the molecule is COC(=O)C1COCCN1C(=O)OCC(F)(F)F. The minimum Gasteiger partial charge on any atom is -0.467 e. The lowest BCUT2D eigenvalue weighted by atomic mass is 10.2. The topological polar surface area (TPSA) is 65.1 Å². The van der Waals surface area contributed by atoms with Crippen LogP contribution in [0.3, 0.4) is 0 Å². The fourth-order valence-corrected chi connectivity index (χ4v) is 1.38. The molecule has 0 aliphatic carbocycles. The van der Waals surface area contributed by atoms with Gasteiger partial charge in [-0.1, -0.05) is 0 Å². The number of alkyl halides is 3. The van der Waals surface area contributed by atoms with Crippen LogP contribution in [0.4, 0.5) is 18.0 Å². The molecule has 0 aromatic rings. The molecule has 0 saturated carbocycles. The van der Waals surface area contributed by atoms with E-state index in [1.54, 1.807) is 0 Å². The van der Waals surface area contributed by atoms with Crippen molar-refractivity contribution >= 4 is 12.1 Å². The van der Waals surface area contributed by atoms with Gasteiger partial charge < -0.3 is 14.2 Å². The number of amides is 1. The van der Waals surface area contributed by atoms with Gasteiger partial charge in [0.15, 0.2) is 12.6 Å². The number of esters is 1. The summed E-state index contributed by atoms with van der Waals surface area (Å²) in [6.07, 6.45) is -5.83. The Morgan fingerprint density at radius 1 is 1.44 bits per heavy atom. The highest BCUT2D eigenvalue weighted by Crippen LogP contribution is 2.16. The molecule has 1 heterocycles. The van der Waals surface area contributed by atoms with Gasteiger partial charge in [-0.3, -0.25) is 4.90 Å². The summed E-state index contributed by atoms with van der Waals surface area (Å²) in [5.74, 6) is -0.765. The van der Waals surface area contributed by atoms with E-state index in [2.05, 4.69) is 9.47 Å². The van der Waals surface area contributed by atoms with Crippen molar-refractivity contribution in [2.45, 2.75) is 12.2 Å². The number of morpholine rings is 1. The zero-order chi connectivity index (χ0) is 13.8. The molecule has 1 aliphatic heterocycles. The maximum absolute atomic E-state index is 11.9. The molecule has 9 heteroatoms. The largest absolute Gasteiger partial charge is 0.467 e. The third-order valence-corrected chi connectivity index (χ3v) is 2.20. The van der Waals surface area contributed by atoms with Crippen molar-refractivity contribution in [1.29, 1.82) is 0 Å². The number of methoxy groups -OCH3 is 1. The lowest BCUT2D eigenvalue weighted by Crippen LogP contribution is -2.53. The number of nitrogens with zero attached hydrogens (tertiary/aromatic N) is 1. The molecule has 6 nitrogen and oxygen atoms in total. The Kier molecular flexibility index (Phi) is 4.76. The molecule has 1 aliphatic rings. The van der Waals surface area contributed by atoms with Crippen LogP contribution in [0.25, 0.3) is 0 Å². The van der Waals surface area contributed by atoms with E-state index in [1.165, 1.54) is 0 Å². The standard InChI is InChI=1S/C9H12F3NO5/c1-16-7(14)6-4-17-3-2-13(6)8(15)18-5-9(10,11)12/h6H,2-5H2,1H3. The lowest BCUT2D eigenvalue weighted by molar-refractivity contribution is -0.166. The number of hydrogen-bond acceptors (Lipinski definition) is 5. The van der Waals surface area contributed by atoms with Gasteiger partial charge in [-0.15, -0.1) is 0 Å². The smallest absolute Gasteiger partial charge is 0.422 e. The van der Waals surface area contributed by atoms with Crippen LogP contribution >= 0.6 is 0 Å². The summed E-state index contributed by atoms with van der Waals surface area (Å²) in [6.45, 7) is -1.74. The predicted octanol–water partition coefficient (Wildman–Crippen LogP) is 0.559. The van der Waals surface area contributed by atoms with Crippen molar-refractivity contribution in [2.75, 3.05) is 33.5 Å². The Balaban J connectivity index is 2.60. The van der Waals surface area contributed by atoms with Crippen molar-refractivity contribution in [2.24, 2.45) is 0 Å². The van der Waals surface area contributed by atoms with Gasteiger partial charge in [0.1, 0.15) is 0 Å². The van der Waals surface area contributed by atoms with Crippen LogP contribution in [0.2, 0.25) is 0 Å². The van der Waals surface area contributed by atoms with E-state index in [-0.39, 0.29) is 19.8 Å². The number of ether oxygens (including phenoxy) is 3. The molecule has 0 aromatic heterocycles. The van der Waals surface area contributed by atoms with E-state index in [0.717, 1.165) is 12.0 Å². The van der Waals surface area contributed by atoms with Gasteiger partial charge in [0.2, 0.25) is 0 Å². The van der Waals surface area contributed by atoms with Crippen LogP contribution in [-0.2, 0) is 19.0 Å². The predicted molar refractivity (Wildman–Crippen MR) is 50.7 cm³/mol. The number of halogens is 3. The summed E-state index contributed by atoms with van der Waals surface area (Å²) in [5, 5.41) is 0. The summed E-state index contributed by atoms with van der Waals surface area (Å²) in [5.41, 5.74) is 0. The first-order chi connectivity index (χ1) is 8.35. The maximum atomic E-state index is 11.9. The Labute approximate surface area is 101 Å². The van der Waals surface area contributed by atoms with Crippen molar-refractivity contribution in [3.8, 4) is 0 Å². The Morgan fingerprint density at radius 3 is 2.67 bits per heavy atom. The van der Waals surface area contributed by atoms with E-state index in [9.17, 15) is 22.8 Å². The van der Waals surface area contributed by atoms with Gasteiger partial charge in [-0.05, 0) is 0 Å². The first-order valence-corrected chi connectivity index (χ1v) is 5.01. The number of carbonyl (C=O) groups is 2. The molecule has 1 saturated heterocycles. The quantitative estimate of drug-likeness (QED) is 0.686. The average Bonchev–Trinajstić information content (AvgIpc) is 2.34. The molecule has 0 spiro atoms. The zero-order valence-electron chi connectivity index (χ0n) is 9.53. The fraction of sp³-hybridized carbons (Fsp3) is 0.778. The minimum atomic E-state index is -4.61. The number of hydrogen-bond donors (Lipinski definition) is 0. The summed E-state index contributed by atoms with van der Waals surface area (Å²) >= 11 is 0. The van der Waals surface area contributed by atoms with Crippen LogP contribution in [0, 0.1) is 0 Å². The molecular weight excluding hydrogens is 259 g/mol. The molecular formula is C9H12F3NO5. The van der Waals surface area contributed by atoms with E-state index in [1.807, 2.05) is 0 Å². The molecule has 0 aromatic carbocycles. The third-order valence-electron chi connectivity index (χ3n) is 2.20. The van der Waals surface area contributed by atoms with Crippen LogP contribution in [-0.4, -0.2) is 62.7 Å². The Bertz CT molecular complexity index is 320. The summed E-state index contributed by atoms with van der Waals surface area (Å²) in [6, 6.07) is -1.08. The fourth-order valence-electron chi connectivity index (χ4n) is 1.38. The van der Waals surface area contributed by atoms with Gasteiger partial charge in [0.05, 0.1) is 20.3 Å². The molecule has 18 heavy (non-hydrogen) atoms. The van der Waals surface area contributed by atoms with Gasteiger partial charge in [-0.2, -0.15) is 13.2 Å². The Hall–Kier alpha value is -1.51. The van der Waals surface area contributed by atoms with Gasteiger partial charge in [0.25, 0.3) is 0 Å². The van der Waals surface area contributed by atoms with Crippen molar-refractivity contribution < 1.29 is 37.0 Å². The minimum absolute atomic E-state index is 0.0313. The van der Waals surface area contributed by atoms with Crippen LogP contribution in [0.15, 0.2) is 0 Å². The van der Waals surface area contributed by atoms with Gasteiger partial charge in [-0.25, -0.2) is 9.59 Å².